The fraction of sp³-hybridized carbons (Fsp3) is 0.227. The van der Waals surface area contributed by atoms with E-state index in [1.165, 1.54) is 12.1 Å². The van der Waals surface area contributed by atoms with Crippen LogP contribution in [0.5, 0.6) is 0 Å². The third-order valence-electron chi connectivity index (χ3n) is 5.39. The Kier molecular flexibility index (Phi) is 4.51. The summed E-state index contributed by atoms with van der Waals surface area (Å²) in [6.45, 7) is -0.000170. The average Bonchev–Trinajstić information content (AvgIpc) is 3.35. The third-order valence-corrected chi connectivity index (χ3v) is 5.39. The number of fused-ring (bicyclic) bond motifs is 1. The van der Waals surface area contributed by atoms with E-state index in [1.54, 1.807) is 10.6 Å². The van der Waals surface area contributed by atoms with Crippen molar-refractivity contribution in [3.63, 3.8) is 0 Å². The number of alkyl halides is 3. The minimum atomic E-state index is -4.70. The summed E-state index contributed by atoms with van der Waals surface area (Å²) in [5, 5.41) is 13.0. The van der Waals surface area contributed by atoms with Crippen molar-refractivity contribution in [2.75, 3.05) is 0 Å². The molecule has 0 saturated heterocycles. The maximum absolute atomic E-state index is 13.7. The molecule has 1 saturated carbocycles. The standard InChI is InChI=1S/C22H13F5N4O/c23-14-5-13(6-15(24)7-14)21-29-19(30-32-21)10-31-17-4-3-12(9-28)20(22(25,26)27)16(17)8-18(31)11-1-2-11/h3-8,11H,1-2,10H2. The lowest BCUT2D eigenvalue weighted by molar-refractivity contribution is -0.136. The molecule has 4 aromatic rings. The number of benzene rings is 2. The van der Waals surface area contributed by atoms with Crippen LogP contribution in [0.4, 0.5) is 22.0 Å². The van der Waals surface area contributed by atoms with E-state index in [0.29, 0.717) is 17.3 Å². The van der Waals surface area contributed by atoms with E-state index in [9.17, 15) is 27.2 Å². The summed E-state index contributed by atoms with van der Waals surface area (Å²) in [5.41, 5.74) is -0.383. The van der Waals surface area contributed by atoms with Crippen LogP contribution < -0.4 is 0 Å². The molecule has 1 aliphatic carbocycles. The molecular weight excluding hydrogens is 431 g/mol. The van der Waals surface area contributed by atoms with Crippen molar-refractivity contribution < 1.29 is 26.5 Å². The Bertz CT molecular complexity index is 1370. The van der Waals surface area contributed by atoms with E-state index < -0.39 is 28.9 Å². The van der Waals surface area contributed by atoms with Gasteiger partial charge in [-0.15, -0.1) is 0 Å². The third kappa shape index (κ3) is 3.49. The van der Waals surface area contributed by atoms with Gasteiger partial charge in [0.25, 0.3) is 5.89 Å². The van der Waals surface area contributed by atoms with Crippen molar-refractivity contribution in [1.29, 1.82) is 5.26 Å². The summed E-state index contributed by atoms with van der Waals surface area (Å²) in [6, 6.07) is 8.50. The normalized spacial score (nSPS) is 14.1. The van der Waals surface area contributed by atoms with Crippen LogP contribution in [0, 0.1) is 23.0 Å². The van der Waals surface area contributed by atoms with Gasteiger partial charge in [0.15, 0.2) is 5.82 Å². The Hall–Kier alpha value is -3.74. The van der Waals surface area contributed by atoms with E-state index in [2.05, 4.69) is 10.1 Å². The van der Waals surface area contributed by atoms with Gasteiger partial charge in [0.05, 0.1) is 23.7 Å². The van der Waals surface area contributed by atoms with Crippen LogP contribution in [0.15, 0.2) is 40.9 Å². The molecule has 2 aromatic carbocycles. The molecule has 32 heavy (non-hydrogen) atoms. The summed E-state index contributed by atoms with van der Waals surface area (Å²) in [6.07, 6.45) is -3.02. The number of rotatable bonds is 4. The van der Waals surface area contributed by atoms with Crippen molar-refractivity contribution in [1.82, 2.24) is 14.7 Å². The molecule has 2 heterocycles. The number of halogens is 5. The first kappa shape index (κ1) is 20.2. The molecule has 162 valence electrons. The zero-order valence-electron chi connectivity index (χ0n) is 16.2. The van der Waals surface area contributed by atoms with Gasteiger partial charge in [-0.1, -0.05) is 5.16 Å². The lowest BCUT2D eigenvalue weighted by Gasteiger charge is -2.11. The van der Waals surface area contributed by atoms with Gasteiger partial charge in [-0.2, -0.15) is 23.4 Å². The van der Waals surface area contributed by atoms with Gasteiger partial charge >= 0.3 is 6.18 Å². The Balaban J connectivity index is 1.60. The minimum absolute atomic E-state index is 0.000170. The Morgan fingerprint density at radius 3 is 2.44 bits per heavy atom. The predicted octanol–water partition coefficient (Wildman–Crippen LogP) is 5.79. The second-order valence-electron chi connectivity index (χ2n) is 7.63. The molecule has 5 nitrogen and oxygen atoms in total. The smallest absolute Gasteiger partial charge is 0.337 e. The molecular formula is C22H13F5N4O. The van der Waals surface area contributed by atoms with Crippen LogP contribution >= 0.6 is 0 Å². The Morgan fingerprint density at radius 1 is 1.09 bits per heavy atom. The molecule has 0 aliphatic heterocycles. The second kappa shape index (κ2) is 7.15. The van der Waals surface area contributed by atoms with Crippen LogP contribution in [0.3, 0.4) is 0 Å². The van der Waals surface area contributed by atoms with Gasteiger partial charge in [0.1, 0.15) is 11.6 Å². The fourth-order valence-corrected chi connectivity index (χ4v) is 3.90. The Labute approximate surface area is 177 Å². The van der Waals surface area contributed by atoms with Gasteiger partial charge in [-0.05, 0) is 49.1 Å². The monoisotopic (exact) mass is 444 g/mol. The number of nitriles is 1. The van der Waals surface area contributed by atoms with Crippen molar-refractivity contribution in [3.8, 4) is 17.5 Å². The highest BCUT2D eigenvalue weighted by atomic mass is 19.4. The van der Waals surface area contributed by atoms with Crippen molar-refractivity contribution in [2.45, 2.75) is 31.5 Å². The number of nitrogens with zero attached hydrogens (tertiary/aromatic N) is 4. The van der Waals surface area contributed by atoms with E-state index in [0.717, 1.165) is 31.0 Å². The fourth-order valence-electron chi connectivity index (χ4n) is 3.90. The number of hydrogen-bond acceptors (Lipinski definition) is 4. The quantitative estimate of drug-likeness (QED) is 0.374. The van der Waals surface area contributed by atoms with Crippen molar-refractivity contribution in [2.24, 2.45) is 0 Å². The van der Waals surface area contributed by atoms with Gasteiger partial charge in [-0.3, -0.25) is 0 Å². The topological polar surface area (TPSA) is 67.6 Å². The summed E-state index contributed by atoms with van der Waals surface area (Å²) < 4.78 is 75.0. The summed E-state index contributed by atoms with van der Waals surface area (Å²) in [5.74, 6) is -1.48. The molecule has 2 aromatic heterocycles. The van der Waals surface area contributed by atoms with Crippen molar-refractivity contribution >= 4 is 10.9 Å². The highest BCUT2D eigenvalue weighted by molar-refractivity contribution is 5.88. The molecule has 5 rings (SSSR count). The predicted molar refractivity (Wildman–Crippen MR) is 102 cm³/mol. The summed E-state index contributed by atoms with van der Waals surface area (Å²) >= 11 is 0. The van der Waals surface area contributed by atoms with E-state index in [4.69, 9.17) is 4.52 Å². The summed E-state index contributed by atoms with van der Waals surface area (Å²) in [7, 11) is 0. The van der Waals surface area contributed by atoms with E-state index >= 15 is 0 Å². The van der Waals surface area contributed by atoms with Gasteiger partial charge in [0, 0.05) is 28.2 Å². The van der Waals surface area contributed by atoms with Crippen molar-refractivity contribution in [3.05, 3.63) is 70.7 Å². The molecule has 0 N–H and O–H groups in total. The van der Waals surface area contributed by atoms with Gasteiger partial charge < -0.3 is 9.09 Å². The molecule has 1 aliphatic rings. The van der Waals surface area contributed by atoms with Gasteiger partial charge in [0.2, 0.25) is 0 Å². The maximum atomic E-state index is 13.7. The average molecular weight is 444 g/mol. The number of aromatic nitrogens is 3. The second-order valence-corrected chi connectivity index (χ2v) is 7.63. The maximum Gasteiger partial charge on any atom is 0.418 e. The van der Waals surface area contributed by atoms with Crippen LogP contribution in [0.1, 0.15) is 41.4 Å². The highest BCUT2D eigenvalue weighted by Crippen LogP contribution is 2.45. The first-order chi connectivity index (χ1) is 15.2. The van der Waals surface area contributed by atoms with Crippen LogP contribution in [0.2, 0.25) is 0 Å². The first-order valence-corrected chi connectivity index (χ1v) is 9.67. The molecule has 0 atom stereocenters. The van der Waals surface area contributed by atoms with Crippen LogP contribution in [-0.4, -0.2) is 14.7 Å². The van der Waals surface area contributed by atoms with Crippen LogP contribution in [-0.2, 0) is 12.7 Å². The molecule has 0 bridgehead atoms. The molecule has 0 radical (unpaired) electrons. The molecule has 10 heteroatoms. The Morgan fingerprint density at radius 2 is 1.81 bits per heavy atom. The molecule has 0 spiro atoms. The van der Waals surface area contributed by atoms with E-state index in [1.807, 2.05) is 0 Å². The lowest BCUT2D eigenvalue weighted by atomic mass is 10.0. The zero-order valence-corrected chi connectivity index (χ0v) is 16.2. The molecule has 0 amide bonds. The largest absolute Gasteiger partial charge is 0.418 e. The first-order valence-electron chi connectivity index (χ1n) is 9.67. The summed E-state index contributed by atoms with van der Waals surface area (Å²) in [4.78, 5) is 4.16. The lowest BCUT2D eigenvalue weighted by Crippen LogP contribution is -2.09. The van der Waals surface area contributed by atoms with Gasteiger partial charge in [-0.25, -0.2) is 8.78 Å². The SMILES string of the molecule is N#Cc1ccc2c(cc(C3CC3)n2Cc2noc(-c3cc(F)cc(F)c3)n2)c1C(F)(F)F. The molecule has 0 unspecified atom stereocenters. The van der Waals surface area contributed by atoms with E-state index in [-0.39, 0.29) is 35.1 Å². The van der Waals surface area contributed by atoms with Crippen LogP contribution in [0.25, 0.3) is 22.4 Å². The highest BCUT2D eigenvalue weighted by Gasteiger charge is 2.38. The zero-order chi connectivity index (χ0) is 22.6. The minimum Gasteiger partial charge on any atom is -0.337 e. The molecule has 1 fully saturated rings. The number of hydrogen-bond donors (Lipinski definition) is 0.